The van der Waals surface area contributed by atoms with Gasteiger partial charge in [0.25, 0.3) is 0 Å². The first-order valence-corrected chi connectivity index (χ1v) is 4.95. The largest absolute Gasteiger partial charge is 0.508 e. The van der Waals surface area contributed by atoms with Crippen LogP contribution in [0.5, 0.6) is 5.75 Å². The topological polar surface area (TPSA) is 60.8 Å². The van der Waals surface area contributed by atoms with Crippen molar-refractivity contribution in [2.75, 3.05) is 18.1 Å². The molecule has 80 valence electrons. The average molecular weight is 207 g/mol. The fourth-order valence-corrected chi connectivity index (χ4v) is 1.84. The zero-order valence-corrected chi connectivity index (χ0v) is 8.31. The molecule has 2 rings (SSSR count). The number of phenols is 1. The van der Waals surface area contributed by atoms with Crippen LogP contribution in [-0.2, 0) is 11.2 Å². The van der Waals surface area contributed by atoms with Gasteiger partial charge < -0.3 is 15.1 Å². The highest BCUT2D eigenvalue weighted by molar-refractivity contribution is 6.01. The van der Waals surface area contributed by atoms with Gasteiger partial charge in [0.1, 0.15) is 5.75 Å². The van der Waals surface area contributed by atoms with Gasteiger partial charge in [-0.25, -0.2) is 0 Å². The number of phenolic OH excluding ortho intramolecular Hbond substituents is 1. The number of aliphatic hydroxyl groups excluding tert-OH is 1. The molecule has 2 N–H and O–H groups in total. The zero-order chi connectivity index (χ0) is 10.8. The third-order valence-corrected chi connectivity index (χ3v) is 2.54. The maximum absolute atomic E-state index is 11.6. The minimum absolute atomic E-state index is 0.0315. The van der Waals surface area contributed by atoms with E-state index in [0.29, 0.717) is 19.4 Å². The van der Waals surface area contributed by atoms with Crippen molar-refractivity contribution < 1.29 is 15.0 Å². The fourth-order valence-electron chi connectivity index (χ4n) is 1.84. The predicted molar refractivity (Wildman–Crippen MR) is 55.9 cm³/mol. The van der Waals surface area contributed by atoms with Gasteiger partial charge in [0.2, 0.25) is 5.91 Å². The molecular formula is C11H13NO3. The van der Waals surface area contributed by atoms with E-state index >= 15 is 0 Å². The maximum atomic E-state index is 11.6. The highest BCUT2D eigenvalue weighted by Gasteiger charge is 2.26. The van der Waals surface area contributed by atoms with E-state index in [1.165, 1.54) is 0 Å². The minimum Gasteiger partial charge on any atom is -0.508 e. The van der Waals surface area contributed by atoms with E-state index in [-0.39, 0.29) is 18.3 Å². The van der Waals surface area contributed by atoms with Gasteiger partial charge in [-0.15, -0.1) is 0 Å². The van der Waals surface area contributed by atoms with Crippen LogP contribution in [0.25, 0.3) is 0 Å². The van der Waals surface area contributed by atoms with Crippen LogP contribution in [0.1, 0.15) is 12.0 Å². The van der Waals surface area contributed by atoms with Crippen molar-refractivity contribution in [1.82, 2.24) is 0 Å². The standard InChI is InChI=1S/C11H13NO3/c13-5-1-4-12-10-3-2-9(14)6-8(10)7-11(12)15/h2-3,6,13-14H,1,4-5,7H2. The van der Waals surface area contributed by atoms with Crippen LogP contribution in [-0.4, -0.2) is 29.3 Å². The van der Waals surface area contributed by atoms with Gasteiger partial charge in [0, 0.05) is 18.8 Å². The molecule has 0 atom stereocenters. The Balaban J connectivity index is 2.25. The van der Waals surface area contributed by atoms with E-state index in [9.17, 15) is 9.90 Å². The van der Waals surface area contributed by atoms with E-state index in [4.69, 9.17) is 5.11 Å². The summed E-state index contributed by atoms with van der Waals surface area (Å²) < 4.78 is 0. The summed E-state index contributed by atoms with van der Waals surface area (Å²) in [5, 5.41) is 18.0. The second kappa shape index (κ2) is 3.90. The van der Waals surface area contributed by atoms with Crippen LogP contribution in [0.4, 0.5) is 5.69 Å². The van der Waals surface area contributed by atoms with Crippen molar-refractivity contribution in [2.45, 2.75) is 12.8 Å². The number of anilines is 1. The quantitative estimate of drug-likeness (QED) is 0.765. The Kier molecular flexibility index (Phi) is 2.60. The molecule has 0 spiro atoms. The molecule has 15 heavy (non-hydrogen) atoms. The van der Waals surface area contributed by atoms with Gasteiger partial charge in [-0.2, -0.15) is 0 Å². The first-order chi connectivity index (χ1) is 7.22. The van der Waals surface area contributed by atoms with Crippen molar-refractivity contribution in [1.29, 1.82) is 0 Å². The molecule has 1 aliphatic heterocycles. The third kappa shape index (κ3) is 1.80. The van der Waals surface area contributed by atoms with Crippen LogP contribution < -0.4 is 4.90 Å². The molecule has 1 aromatic carbocycles. The van der Waals surface area contributed by atoms with Gasteiger partial charge in [0.15, 0.2) is 0 Å². The summed E-state index contributed by atoms with van der Waals surface area (Å²) in [7, 11) is 0. The molecule has 0 unspecified atom stereocenters. The first kappa shape index (κ1) is 9.98. The number of amides is 1. The lowest BCUT2D eigenvalue weighted by molar-refractivity contribution is -0.117. The number of benzene rings is 1. The number of rotatable bonds is 3. The average Bonchev–Trinajstić information content (AvgIpc) is 2.50. The maximum Gasteiger partial charge on any atom is 0.231 e. The minimum atomic E-state index is 0.0315. The van der Waals surface area contributed by atoms with Crippen molar-refractivity contribution in [3.05, 3.63) is 23.8 Å². The van der Waals surface area contributed by atoms with Crippen LogP contribution >= 0.6 is 0 Å². The molecule has 0 saturated heterocycles. The summed E-state index contributed by atoms with van der Waals surface area (Å²) in [6.07, 6.45) is 0.918. The SMILES string of the molecule is O=C1Cc2cc(O)ccc2N1CCCO. The third-order valence-electron chi connectivity index (χ3n) is 2.54. The number of hydrogen-bond donors (Lipinski definition) is 2. The molecule has 0 bridgehead atoms. The van der Waals surface area contributed by atoms with Gasteiger partial charge >= 0.3 is 0 Å². The smallest absolute Gasteiger partial charge is 0.231 e. The number of aliphatic hydroxyl groups is 1. The lowest BCUT2D eigenvalue weighted by Gasteiger charge is -2.16. The number of hydrogen-bond acceptors (Lipinski definition) is 3. The number of carbonyl (C=O) groups excluding carboxylic acids is 1. The van der Waals surface area contributed by atoms with Crippen molar-refractivity contribution in [3.8, 4) is 5.75 Å². The van der Waals surface area contributed by atoms with Gasteiger partial charge in [0.05, 0.1) is 6.42 Å². The molecule has 0 aliphatic carbocycles. The van der Waals surface area contributed by atoms with E-state index < -0.39 is 0 Å². The number of nitrogens with zero attached hydrogens (tertiary/aromatic N) is 1. The van der Waals surface area contributed by atoms with Crippen LogP contribution in [0.15, 0.2) is 18.2 Å². The lowest BCUT2D eigenvalue weighted by Crippen LogP contribution is -2.28. The Bertz CT molecular complexity index is 389. The Hall–Kier alpha value is -1.55. The predicted octanol–water partition coefficient (Wildman–Crippen LogP) is 0.664. The highest BCUT2D eigenvalue weighted by atomic mass is 16.3. The van der Waals surface area contributed by atoms with Crippen LogP contribution in [0.2, 0.25) is 0 Å². The number of fused-ring (bicyclic) bond motifs is 1. The molecule has 0 radical (unpaired) electrons. The summed E-state index contributed by atoms with van der Waals surface area (Å²) in [5.41, 5.74) is 1.71. The summed E-state index contributed by atoms with van der Waals surface area (Å²) in [5.74, 6) is 0.217. The van der Waals surface area contributed by atoms with E-state index in [2.05, 4.69) is 0 Å². The molecule has 1 heterocycles. The molecule has 0 aromatic heterocycles. The van der Waals surface area contributed by atoms with Gasteiger partial charge in [-0.05, 0) is 30.2 Å². The normalized spacial score (nSPS) is 14.5. The zero-order valence-electron chi connectivity index (χ0n) is 8.31. The second-order valence-corrected chi connectivity index (χ2v) is 3.61. The summed E-state index contributed by atoms with van der Waals surface area (Å²) in [6.45, 7) is 0.615. The second-order valence-electron chi connectivity index (χ2n) is 3.61. The Labute approximate surface area is 87.8 Å². The van der Waals surface area contributed by atoms with Crippen molar-refractivity contribution in [3.63, 3.8) is 0 Å². The first-order valence-electron chi connectivity index (χ1n) is 4.95. The molecule has 0 saturated carbocycles. The van der Waals surface area contributed by atoms with Crippen LogP contribution in [0.3, 0.4) is 0 Å². The Morgan fingerprint density at radius 3 is 2.93 bits per heavy atom. The van der Waals surface area contributed by atoms with E-state index in [1.807, 2.05) is 0 Å². The molecular weight excluding hydrogens is 194 g/mol. The highest BCUT2D eigenvalue weighted by Crippen LogP contribution is 2.31. The molecule has 0 fully saturated rings. The van der Waals surface area contributed by atoms with E-state index in [1.54, 1.807) is 23.1 Å². The summed E-state index contributed by atoms with van der Waals surface area (Å²) in [6, 6.07) is 4.93. The lowest BCUT2D eigenvalue weighted by atomic mass is 10.1. The summed E-state index contributed by atoms with van der Waals surface area (Å²) >= 11 is 0. The molecule has 4 nitrogen and oxygen atoms in total. The van der Waals surface area contributed by atoms with Gasteiger partial charge in [-0.3, -0.25) is 4.79 Å². The van der Waals surface area contributed by atoms with E-state index in [0.717, 1.165) is 11.3 Å². The number of carbonyl (C=O) groups is 1. The molecule has 1 aliphatic rings. The Morgan fingerprint density at radius 2 is 2.20 bits per heavy atom. The molecule has 1 aromatic rings. The number of aromatic hydroxyl groups is 1. The fraction of sp³-hybridized carbons (Fsp3) is 0.364. The molecule has 1 amide bonds. The van der Waals surface area contributed by atoms with Crippen LogP contribution in [0, 0.1) is 0 Å². The molecule has 4 heteroatoms. The summed E-state index contributed by atoms with van der Waals surface area (Å²) in [4.78, 5) is 13.3. The van der Waals surface area contributed by atoms with Gasteiger partial charge in [-0.1, -0.05) is 0 Å². The monoisotopic (exact) mass is 207 g/mol. The Morgan fingerprint density at radius 1 is 1.40 bits per heavy atom. The van der Waals surface area contributed by atoms with Crippen molar-refractivity contribution >= 4 is 11.6 Å². The van der Waals surface area contributed by atoms with Crippen molar-refractivity contribution in [2.24, 2.45) is 0 Å².